The minimum absolute atomic E-state index is 0.0601. The van der Waals surface area contributed by atoms with Gasteiger partial charge in [0.2, 0.25) is 5.91 Å². The molecule has 1 aromatic rings. The summed E-state index contributed by atoms with van der Waals surface area (Å²) < 4.78 is 11.2. The van der Waals surface area contributed by atoms with Crippen LogP contribution in [0.2, 0.25) is 0 Å². The Hall–Kier alpha value is -2.08. The van der Waals surface area contributed by atoms with E-state index in [1.807, 2.05) is 18.2 Å². The van der Waals surface area contributed by atoms with Crippen LogP contribution in [0.5, 0.6) is 5.75 Å². The van der Waals surface area contributed by atoms with Gasteiger partial charge in [-0.25, -0.2) is 0 Å². The third-order valence-corrected chi connectivity index (χ3v) is 5.10. The van der Waals surface area contributed by atoms with Crippen molar-refractivity contribution >= 4 is 11.9 Å². The number of hydrogen-bond acceptors (Lipinski definition) is 4. The van der Waals surface area contributed by atoms with Gasteiger partial charge in [0.15, 0.2) is 0 Å². The Morgan fingerprint density at radius 1 is 1.19 bits per heavy atom. The van der Waals surface area contributed by atoms with Gasteiger partial charge in [0.1, 0.15) is 11.9 Å². The van der Waals surface area contributed by atoms with Crippen LogP contribution in [0, 0.1) is 5.92 Å². The zero-order chi connectivity index (χ0) is 19.6. The van der Waals surface area contributed by atoms with Gasteiger partial charge in [0.25, 0.3) is 0 Å². The van der Waals surface area contributed by atoms with Gasteiger partial charge < -0.3 is 19.9 Å². The van der Waals surface area contributed by atoms with Crippen LogP contribution in [0.15, 0.2) is 24.3 Å². The Bertz CT molecular complexity index is 610. The lowest BCUT2D eigenvalue weighted by atomic mass is 9.98. The zero-order valence-electron chi connectivity index (χ0n) is 16.3. The van der Waals surface area contributed by atoms with Crippen LogP contribution in [-0.2, 0) is 20.7 Å². The Kier molecular flexibility index (Phi) is 8.58. The van der Waals surface area contributed by atoms with Crippen molar-refractivity contribution in [2.45, 2.75) is 64.1 Å². The summed E-state index contributed by atoms with van der Waals surface area (Å²) in [5.74, 6) is -1.28. The smallest absolute Gasteiger partial charge is 0.308 e. The lowest BCUT2D eigenvalue weighted by Gasteiger charge is -2.22. The number of rotatable bonds is 9. The molecular formula is C21H31NO5. The second-order valence-electron chi connectivity index (χ2n) is 7.19. The molecule has 1 saturated carbocycles. The Morgan fingerprint density at radius 2 is 1.85 bits per heavy atom. The molecule has 1 fully saturated rings. The molecule has 0 aliphatic heterocycles. The highest BCUT2D eigenvalue weighted by atomic mass is 16.5. The molecule has 1 amide bonds. The van der Waals surface area contributed by atoms with Crippen molar-refractivity contribution in [3.63, 3.8) is 0 Å². The number of benzene rings is 1. The predicted molar refractivity (Wildman–Crippen MR) is 103 cm³/mol. The molecule has 2 N–H and O–H groups in total. The predicted octanol–water partition coefficient (Wildman–Crippen LogP) is 3.18. The molecule has 2 unspecified atom stereocenters. The number of carbonyl (C=O) groups is 2. The van der Waals surface area contributed by atoms with E-state index in [0.717, 1.165) is 31.2 Å². The van der Waals surface area contributed by atoms with Gasteiger partial charge >= 0.3 is 5.97 Å². The summed E-state index contributed by atoms with van der Waals surface area (Å²) >= 11 is 0. The van der Waals surface area contributed by atoms with E-state index in [-0.39, 0.29) is 25.0 Å². The van der Waals surface area contributed by atoms with Crippen LogP contribution in [0.4, 0.5) is 0 Å². The molecule has 1 aromatic carbocycles. The first-order valence-electron chi connectivity index (χ1n) is 9.79. The fourth-order valence-corrected chi connectivity index (χ4v) is 3.48. The summed E-state index contributed by atoms with van der Waals surface area (Å²) in [6, 6.07) is 7.33. The van der Waals surface area contributed by atoms with Gasteiger partial charge in [0, 0.05) is 6.54 Å². The topological polar surface area (TPSA) is 84.9 Å². The maximum absolute atomic E-state index is 12.4. The third kappa shape index (κ3) is 6.86. The highest BCUT2D eigenvalue weighted by Gasteiger charge is 2.24. The fraction of sp³-hybridized carbons (Fsp3) is 0.619. The number of carboxylic acids is 1. The monoisotopic (exact) mass is 377 g/mol. The lowest BCUT2D eigenvalue weighted by molar-refractivity contribution is -0.142. The number of ether oxygens (including phenoxy) is 2. The molecule has 27 heavy (non-hydrogen) atoms. The lowest BCUT2D eigenvalue weighted by Crippen LogP contribution is -2.41. The molecule has 2 atom stereocenters. The van der Waals surface area contributed by atoms with Gasteiger partial charge in [-0.1, -0.05) is 43.9 Å². The van der Waals surface area contributed by atoms with Crippen molar-refractivity contribution in [3.05, 3.63) is 29.8 Å². The first-order valence-corrected chi connectivity index (χ1v) is 9.79. The second kappa shape index (κ2) is 10.9. The molecule has 0 spiro atoms. The average molecular weight is 377 g/mol. The molecule has 1 aliphatic rings. The number of carbonyl (C=O) groups excluding carboxylic acids is 1. The Balaban J connectivity index is 1.86. The van der Waals surface area contributed by atoms with Gasteiger partial charge in [-0.05, 0) is 37.8 Å². The fourth-order valence-electron chi connectivity index (χ4n) is 3.48. The quantitative estimate of drug-likeness (QED) is 0.646. The van der Waals surface area contributed by atoms with Crippen molar-refractivity contribution < 1.29 is 24.2 Å². The van der Waals surface area contributed by atoms with Crippen molar-refractivity contribution in [3.8, 4) is 5.75 Å². The van der Waals surface area contributed by atoms with E-state index in [4.69, 9.17) is 9.47 Å². The minimum atomic E-state index is -0.946. The van der Waals surface area contributed by atoms with E-state index in [1.165, 1.54) is 12.8 Å². The molecule has 0 bridgehead atoms. The zero-order valence-corrected chi connectivity index (χ0v) is 16.3. The second-order valence-corrected chi connectivity index (χ2v) is 7.19. The average Bonchev–Trinajstić information content (AvgIpc) is 2.93. The van der Waals surface area contributed by atoms with Crippen LogP contribution < -0.4 is 10.1 Å². The molecule has 150 valence electrons. The summed E-state index contributed by atoms with van der Waals surface area (Å²) in [5.41, 5.74) is 0.810. The van der Waals surface area contributed by atoms with Crippen LogP contribution in [-0.4, -0.2) is 42.8 Å². The van der Waals surface area contributed by atoms with Crippen LogP contribution in [0.1, 0.15) is 51.0 Å². The van der Waals surface area contributed by atoms with Crippen LogP contribution in [0.25, 0.3) is 0 Å². The number of aliphatic carboxylic acids is 1. The normalized spacial score (nSPS) is 17.6. The summed E-state index contributed by atoms with van der Waals surface area (Å²) in [7, 11) is 1.56. The standard InChI is InChI=1S/C21H31NO5/c1-15(27-18-10-5-3-4-6-11-18)20(23)22-14-17(21(24)25)13-16-9-7-8-12-19(16)26-2/h7-9,12,15,17-18H,3-6,10-11,13-14H2,1-2H3,(H,22,23)(H,24,25). The van der Waals surface area contributed by atoms with E-state index in [0.29, 0.717) is 5.75 Å². The first kappa shape index (κ1) is 21.2. The molecule has 6 nitrogen and oxygen atoms in total. The third-order valence-electron chi connectivity index (χ3n) is 5.10. The SMILES string of the molecule is COc1ccccc1CC(CNC(=O)C(C)OC1CCCCCC1)C(=O)O. The number of amides is 1. The van der Waals surface area contributed by atoms with E-state index in [1.54, 1.807) is 20.1 Å². The first-order chi connectivity index (χ1) is 13.0. The van der Waals surface area contributed by atoms with Crippen LogP contribution >= 0.6 is 0 Å². The van der Waals surface area contributed by atoms with Gasteiger partial charge in [-0.15, -0.1) is 0 Å². The van der Waals surface area contributed by atoms with Crippen LogP contribution in [0.3, 0.4) is 0 Å². The summed E-state index contributed by atoms with van der Waals surface area (Å²) in [5, 5.41) is 12.3. The largest absolute Gasteiger partial charge is 0.496 e. The molecule has 0 aromatic heterocycles. The molecule has 6 heteroatoms. The van der Waals surface area contributed by atoms with E-state index in [9.17, 15) is 14.7 Å². The van der Waals surface area contributed by atoms with E-state index in [2.05, 4.69) is 5.32 Å². The molecular weight excluding hydrogens is 346 g/mol. The molecule has 1 aliphatic carbocycles. The summed E-state index contributed by atoms with van der Waals surface area (Å²) in [6.45, 7) is 1.79. The number of methoxy groups -OCH3 is 1. The molecule has 0 heterocycles. The van der Waals surface area contributed by atoms with E-state index < -0.39 is 18.0 Å². The van der Waals surface area contributed by atoms with Gasteiger partial charge in [0.05, 0.1) is 19.1 Å². The van der Waals surface area contributed by atoms with E-state index >= 15 is 0 Å². The number of carboxylic acid groups (broad SMARTS) is 1. The summed E-state index contributed by atoms with van der Waals surface area (Å²) in [4.78, 5) is 24.0. The highest BCUT2D eigenvalue weighted by Crippen LogP contribution is 2.22. The number of nitrogens with one attached hydrogen (secondary N) is 1. The minimum Gasteiger partial charge on any atom is -0.496 e. The van der Waals surface area contributed by atoms with Crippen molar-refractivity contribution in [1.82, 2.24) is 5.32 Å². The maximum atomic E-state index is 12.4. The molecule has 0 radical (unpaired) electrons. The van der Waals surface area contributed by atoms with Crippen molar-refractivity contribution in [2.24, 2.45) is 5.92 Å². The molecule has 0 saturated heterocycles. The Morgan fingerprint density at radius 3 is 2.48 bits per heavy atom. The Labute approximate surface area is 161 Å². The maximum Gasteiger partial charge on any atom is 0.308 e. The van der Waals surface area contributed by atoms with Gasteiger partial charge in [-0.2, -0.15) is 0 Å². The van der Waals surface area contributed by atoms with Crippen molar-refractivity contribution in [1.29, 1.82) is 0 Å². The summed E-state index contributed by atoms with van der Waals surface area (Å²) in [6.07, 6.45) is 6.54. The van der Waals surface area contributed by atoms with Crippen molar-refractivity contribution in [2.75, 3.05) is 13.7 Å². The molecule has 2 rings (SSSR count). The number of hydrogen-bond donors (Lipinski definition) is 2. The number of para-hydroxylation sites is 1. The highest BCUT2D eigenvalue weighted by molar-refractivity contribution is 5.81. The van der Waals surface area contributed by atoms with Gasteiger partial charge in [-0.3, -0.25) is 9.59 Å².